The van der Waals surface area contributed by atoms with Gasteiger partial charge in [-0.1, -0.05) is 23.2 Å². The summed E-state index contributed by atoms with van der Waals surface area (Å²) in [4.78, 5) is 22.1. The Morgan fingerprint density at radius 3 is 2.96 bits per heavy atom. The molecule has 0 aliphatic carbocycles. The van der Waals surface area contributed by atoms with E-state index in [1.807, 2.05) is 22.8 Å². The molecule has 132 valence electrons. The summed E-state index contributed by atoms with van der Waals surface area (Å²) in [6.45, 7) is 1.63. The molecule has 5 rings (SSSR count). The summed E-state index contributed by atoms with van der Waals surface area (Å²) in [5, 5.41) is 5.58. The zero-order valence-corrected chi connectivity index (χ0v) is 14.9. The third kappa shape index (κ3) is 2.37. The lowest BCUT2D eigenvalue weighted by molar-refractivity contribution is 0.156. The summed E-state index contributed by atoms with van der Waals surface area (Å²) in [7, 11) is 0. The molecule has 0 saturated carbocycles. The van der Waals surface area contributed by atoms with Crippen LogP contribution in [-0.2, 0) is 17.8 Å². The molecule has 2 aromatic heterocycles. The van der Waals surface area contributed by atoms with Crippen LogP contribution in [-0.4, -0.2) is 48.5 Å². The van der Waals surface area contributed by atoms with Gasteiger partial charge < -0.3 is 4.74 Å². The lowest BCUT2D eigenvalue weighted by Gasteiger charge is -2.10. The third-order valence-corrected chi connectivity index (χ3v) is 5.02. The number of rotatable bonds is 2. The van der Waals surface area contributed by atoms with Gasteiger partial charge in [0, 0.05) is 10.6 Å². The van der Waals surface area contributed by atoms with Crippen molar-refractivity contribution in [3.8, 4) is 17.1 Å². The Bertz CT molecular complexity index is 1040. The molecule has 3 aromatic rings. The largest absolute Gasteiger partial charge is 0.448 e. The number of nitrogens with zero attached hydrogens (tertiary/aromatic N) is 6. The van der Waals surface area contributed by atoms with Crippen molar-refractivity contribution < 1.29 is 9.53 Å². The first-order chi connectivity index (χ1) is 12.6. The van der Waals surface area contributed by atoms with Crippen LogP contribution < -0.4 is 0 Å². The number of carbonyl (C=O) groups is 1. The van der Waals surface area contributed by atoms with Crippen LogP contribution in [0.5, 0.6) is 0 Å². The average molecular weight is 391 g/mol. The van der Waals surface area contributed by atoms with Gasteiger partial charge in [-0.15, -0.1) is 0 Å². The van der Waals surface area contributed by atoms with Crippen molar-refractivity contribution in [2.24, 2.45) is 0 Å². The number of imidazole rings is 1. The Balaban J connectivity index is 1.64. The summed E-state index contributed by atoms with van der Waals surface area (Å²) in [6, 6.07) is 5.56. The fourth-order valence-electron chi connectivity index (χ4n) is 3.25. The maximum atomic E-state index is 11.7. The van der Waals surface area contributed by atoms with Crippen LogP contribution in [0.25, 0.3) is 17.1 Å². The molecule has 26 heavy (non-hydrogen) atoms. The molecule has 0 bridgehead atoms. The molecule has 0 unspecified atom stereocenters. The molecule has 0 N–H and O–H groups in total. The zero-order chi connectivity index (χ0) is 17.8. The Hall–Kier alpha value is -2.58. The Labute approximate surface area is 157 Å². The van der Waals surface area contributed by atoms with E-state index < -0.39 is 0 Å². The summed E-state index contributed by atoms with van der Waals surface area (Å²) < 4.78 is 8.64. The van der Waals surface area contributed by atoms with Crippen LogP contribution in [0.4, 0.5) is 4.79 Å². The van der Waals surface area contributed by atoms with E-state index in [4.69, 9.17) is 27.9 Å². The first-order valence-corrected chi connectivity index (χ1v) is 8.73. The highest BCUT2D eigenvalue weighted by Crippen LogP contribution is 2.34. The Morgan fingerprint density at radius 2 is 2.15 bits per heavy atom. The van der Waals surface area contributed by atoms with Crippen molar-refractivity contribution in [1.82, 2.24) is 29.2 Å². The second kappa shape index (κ2) is 5.72. The molecule has 1 amide bonds. The number of fused-ring (bicyclic) bond motifs is 5. The van der Waals surface area contributed by atoms with E-state index in [2.05, 4.69) is 15.1 Å². The Kier molecular flexibility index (Phi) is 3.44. The highest BCUT2D eigenvalue weighted by molar-refractivity contribution is 6.31. The van der Waals surface area contributed by atoms with Gasteiger partial charge >= 0.3 is 6.09 Å². The monoisotopic (exact) mass is 390 g/mol. The maximum Gasteiger partial charge on any atom is 0.410 e. The van der Waals surface area contributed by atoms with Gasteiger partial charge in [-0.2, -0.15) is 5.10 Å². The van der Waals surface area contributed by atoms with Gasteiger partial charge in [0.1, 0.15) is 12.9 Å². The minimum Gasteiger partial charge on any atom is -0.448 e. The second-order valence-corrected chi connectivity index (χ2v) is 6.85. The summed E-state index contributed by atoms with van der Waals surface area (Å²) in [5.74, 6) is 1.21. The summed E-state index contributed by atoms with van der Waals surface area (Å²) in [6.07, 6.45) is 1.33. The molecule has 0 spiro atoms. The first kappa shape index (κ1) is 15.7. The number of benzene rings is 1. The van der Waals surface area contributed by atoms with E-state index >= 15 is 0 Å². The highest BCUT2D eigenvalue weighted by atomic mass is 35.5. The van der Waals surface area contributed by atoms with Gasteiger partial charge in [0.15, 0.2) is 16.8 Å². The minimum atomic E-state index is -0.348. The number of carbonyl (C=O) groups excluding carboxylic acids is 1. The average Bonchev–Trinajstić information content (AvgIpc) is 3.28. The van der Waals surface area contributed by atoms with Gasteiger partial charge in [-0.25, -0.2) is 19.4 Å². The number of amides is 1. The van der Waals surface area contributed by atoms with E-state index in [1.165, 1.54) is 0 Å². The van der Waals surface area contributed by atoms with E-state index in [1.54, 1.807) is 15.9 Å². The van der Waals surface area contributed by atoms with E-state index in [9.17, 15) is 4.79 Å². The molecule has 8 nitrogen and oxygen atoms in total. The number of hydrogen-bond donors (Lipinski definition) is 0. The van der Waals surface area contributed by atoms with E-state index in [-0.39, 0.29) is 6.09 Å². The van der Waals surface area contributed by atoms with Crippen LogP contribution in [0, 0.1) is 0 Å². The molecule has 0 radical (unpaired) electrons. The van der Waals surface area contributed by atoms with Crippen molar-refractivity contribution in [2.75, 3.05) is 13.2 Å². The molecule has 2 aliphatic heterocycles. The van der Waals surface area contributed by atoms with Gasteiger partial charge in [0.05, 0.1) is 31.0 Å². The smallest absolute Gasteiger partial charge is 0.410 e. The number of cyclic esters (lactones) is 1. The fraction of sp³-hybridized carbons (Fsp3) is 0.250. The quantitative estimate of drug-likeness (QED) is 0.525. The summed E-state index contributed by atoms with van der Waals surface area (Å²) >= 11 is 12.5. The van der Waals surface area contributed by atoms with Crippen molar-refractivity contribution in [3.63, 3.8) is 0 Å². The van der Waals surface area contributed by atoms with Crippen molar-refractivity contribution in [1.29, 1.82) is 0 Å². The predicted molar refractivity (Wildman–Crippen MR) is 93.5 cm³/mol. The second-order valence-electron chi connectivity index (χ2n) is 6.06. The molecule has 1 aromatic carbocycles. The zero-order valence-electron chi connectivity index (χ0n) is 13.4. The van der Waals surface area contributed by atoms with Crippen LogP contribution >= 0.6 is 23.2 Å². The Morgan fingerprint density at radius 1 is 1.27 bits per heavy atom. The van der Waals surface area contributed by atoms with Gasteiger partial charge in [0.25, 0.3) is 0 Å². The lowest BCUT2D eigenvalue weighted by Crippen LogP contribution is -2.24. The number of ether oxygens (including phenoxy) is 1. The molecular formula is C16H12Cl2N6O2. The van der Waals surface area contributed by atoms with Crippen LogP contribution in [0.3, 0.4) is 0 Å². The predicted octanol–water partition coefficient (Wildman–Crippen LogP) is 2.75. The SMILES string of the molecule is O=C1OCCN1Cc1nc2n(n1)Cc1c(Cl)ncn1-c1ccc(Cl)cc1-2. The van der Waals surface area contributed by atoms with Gasteiger partial charge in [-0.3, -0.25) is 9.47 Å². The van der Waals surface area contributed by atoms with Crippen molar-refractivity contribution in [2.45, 2.75) is 13.1 Å². The summed E-state index contributed by atoms with van der Waals surface area (Å²) in [5.41, 5.74) is 2.51. The van der Waals surface area contributed by atoms with E-state index in [0.717, 1.165) is 16.9 Å². The fourth-order valence-corrected chi connectivity index (χ4v) is 3.61. The van der Waals surface area contributed by atoms with Crippen molar-refractivity contribution in [3.05, 3.63) is 46.2 Å². The molecular weight excluding hydrogens is 379 g/mol. The molecule has 2 aliphatic rings. The van der Waals surface area contributed by atoms with Crippen LogP contribution in [0.2, 0.25) is 10.2 Å². The topological polar surface area (TPSA) is 78.1 Å². The number of aromatic nitrogens is 5. The minimum absolute atomic E-state index is 0.293. The molecule has 4 heterocycles. The van der Waals surface area contributed by atoms with E-state index in [0.29, 0.717) is 48.1 Å². The number of halogens is 2. The standard InChI is InChI=1S/C16H12Cl2N6O2/c17-9-1-2-11-10(5-9)15-20-13(7-22-3-4-26-16(22)25)21-24(15)6-12-14(18)19-8-23(11)12/h1-2,5,8H,3-4,6-7H2. The molecule has 1 saturated heterocycles. The number of hydrogen-bond acceptors (Lipinski definition) is 5. The normalized spacial score (nSPS) is 15.3. The molecule has 10 heteroatoms. The highest BCUT2D eigenvalue weighted by Gasteiger charge is 2.27. The van der Waals surface area contributed by atoms with Gasteiger partial charge in [0.2, 0.25) is 0 Å². The maximum absolute atomic E-state index is 11.7. The molecule has 1 fully saturated rings. The van der Waals surface area contributed by atoms with Crippen molar-refractivity contribution >= 4 is 29.3 Å². The van der Waals surface area contributed by atoms with Crippen LogP contribution in [0.15, 0.2) is 24.5 Å². The first-order valence-electron chi connectivity index (χ1n) is 7.97. The van der Waals surface area contributed by atoms with Gasteiger partial charge in [-0.05, 0) is 18.2 Å². The van der Waals surface area contributed by atoms with Crippen LogP contribution in [0.1, 0.15) is 11.5 Å². The lowest BCUT2D eigenvalue weighted by atomic mass is 10.1. The molecule has 0 atom stereocenters. The third-order valence-electron chi connectivity index (χ3n) is 4.47.